The second-order valence-electron chi connectivity index (χ2n) is 6.59. The Morgan fingerprint density at radius 1 is 1.15 bits per heavy atom. The number of hydrogen-bond donors (Lipinski definition) is 1. The van der Waals surface area contributed by atoms with Crippen molar-refractivity contribution in [1.29, 1.82) is 0 Å². The number of nitrogens with zero attached hydrogens (tertiary/aromatic N) is 3. The maximum Gasteiger partial charge on any atom is 0.250 e. The van der Waals surface area contributed by atoms with Crippen molar-refractivity contribution in [1.82, 2.24) is 19.7 Å². The van der Waals surface area contributed by atoms with Gasteiger partial charge in [-0.2, -0.15) is 5.10 Å². The molecule has 0 aliphatic rings. The molecule has 0 saturated heterocycles. The predicted molar refractivity (Wildman–Crippen MR) is 106 cm³/mol. The second-order valence-corrected chi connectivity index (χ2v) is 9.67. The maximum absolute atomic E-state index is 12.6. The van der Waals surface area contributed by atoms with Crippen LogP contribution in [0.15, 0.2) is 20.9 Å². The van der Waals surface area contributed by atoms with Crippen LogP contribution in [0, 0.1) is 34.6 Å². The third-order valence-corrected chi connectivity index (χ3v) is 7.76. The molecule has 3 heterocycles. The van der Waals surface area contributed by atoms with E-state index in [-0.39, 0.29) is 0 Å². The largest absolute Gasteiger partial charge is 0.361 e. The molecule has 3 aromatic heterocycles. The standard InChI is InChI=1S/C18H24N4O3S2/c1-11-12(2)20-22(14(11)4)10-6-9-19-27(23,24)17-8-7-16(26-17)18-13(3)21-25-15(18)5/h7-8,19H,6,9-10H2,1-5H3. The molecule has 0 aromatic carbocycles. The van der Waals surface area contributed by atoms with E-state index in [0.717, 1.165) is 27.5 Å². The summed E-state index contributed by atoms with van der Waals surface area (Å²) in [7, 11) is -3.54. The van der Waals surface area contributed by atoms with E-state index in [1.807, 2.05) is 39.3 Å². The molecule has 146 valence electrons. The normalized spacial score (nSPS) is 12.0. The highest BCUT2D eigenvalue weighted by atomic mass is 32.2. The summed E-state index contributed by atoms with van der Waals surface area (Å²) in [6, 6.07) is 3.42. The van der Waals surface area contributed by atoms with Crippen LogP contribution in [-0.4, -0.2) is 29.9 Å². The molecule has 0 aliphatic carbocycles. The van der Waals surface area contributed by atoms with Gasteiger partial charge in [-0.3, -0.25) is 4.68 Å². The quantitative estimate of drug-likeness (QED) is 0.604. The van der Waals surface area contributed by atoms with E-state index in [4.69, 9.17) is 4.52 Å². The van der Waals surface area contributed by atoms with E-state index in [2.05, 4.69) is 15.0 Å². The van der Waals surface area contributed by atoms with Crippen LogP contribution in [0.1, 0.15) is 34.8 Å². The number of nitrogens with one attached hydrogen (secondary N) is 1. The average molecular weight is 409 g/mol. The van der Waals surface area contributed by atoms with Crippen LogP contribution >= 0.6 is 11.3 Å². The molecule has 0 radical (unpaired) electrons. The Hall–Kier alpha value is -1.97. The van der Waals surface area contributed by atoms with Crippen LogP contribution < -0.4 is 4.72 Å². The molecule has 0 spiro atoms. The van der Waals surface area contributed by atoms with Gasteiger partial charge >= 0.3 is 0 Å². The molecule has 0 aliphatic heterocycles. The Morgan fingerprint density at radius 2 is 1.89 bits per heavy atom. The fourth-order valence-corrected chi connectivity index (χ4v) is 5.51. The number of sulfonamides is 1. The van der Waals surface area contributed by atoms with Gasteiger partial charge in [0.1, 0.15) is 9.97 Å². The summed E-state index contributed by atoms with van der Waals surface area (Å²) in [6.07, 6.45) is 0.669. The molecule has 3 rings (SSSR count). The molecule has 3 aromatic rings. The van der Waals surface area contributed by atoms with Gasteiger partial charge in [-0.1, -0.05) is 5.16 Å². The summed E-state index contributed by atoms with van der Waals surface area (Å²) in [6.45, 7) is 10.8. The molecule has 27 heavy (non-hydrogen) atoms. The molecule has 0 amide bonds. The highest BCUT2D eigenvalue weighted by Crippen LogP contribution is 2.34. The van der Waals surface area contributed by atoms with Crippen molar-refractivity contribution in [3.63, 3.8) is 0 Å². The van der Waals surface area contributed by atoms with Crippen molar-refractivity contribution in [2.75, 3.05) is 6.54 Å². The SMILES string of the molecule is Cc1nn(CCCNS(=O)(=O)c2ccc(-c3c(C)noc3C)s2)c(C)c1C. The first-order chi connectivity index (χ1) is 12.7. The van der Waals surface area contributed by atoms with Gasteiger partial charge in [-0.15, -0.1) is 11.3 Å². The van der Waals surface area contributed by atoms with E-state index in [0.29, 0.717) is 29.5 Å². The first-order valence-electron chi connectivity index (χ1n) is 8.74. The fourth-order valence-electron chi connectivity index (χ4n) is 2.94. The van der Waals surface area contributed by atoms with Crippen LogP contribution in [0.3, 0.4) is 0 Å². The van der Waals surface area contributed by atoms with Gasteiger partial charge in [-0.05, 0) is 58.7 Å². The zero-order valence-corrected chi connectivity index (χ0v) is 17.8. The number of hydrogen-bond acceptors (Lipinski definition) is 6. The highest BCUT2D eigenvalue weighted by molar-refractivity contribution is 7.91. The van der Waals surface area contributed by atoms with Crippen molar-refractivity contribution in [2.24, 2.45) is 0 Å². The number of aromatic nitrogens is 3. The lowest BCUT2D eigenvalue weighted by Gasteiger charge is -2.06. The lowest BCUT2D eigenvalue weighted by atomic mass is 10.2. The Balaban J connectivity index is 1.63. The maximum atomic E-state index is 12.6. The summed E-state index contributed by atoms with van der Waals surface area (Å²) < 4.78 is 35.2. The molecule has 7 nitrogen and oxygen atoms in total. The van der Waals surface area contributed by atoms with Crippen LogP contribution in [0.4, 0.5) is 0 Å². The fraction of sp³-hybridized carbons (Fsp3) is 0.444. The van der Waals surface area contributed by atoms with Gasteiger partial charge < -0.3 is 4.52 Å². The van der Waals surface area contributed by atoms with Gasteiger partial charge in [0.15, 0.2) is 0 Å². The topological polar surface area (TPSA) is 90.0 Å². The van der Waals surface area contributed by atoms with Crippen LogP contribution in [0.2, 0.25) is 0 Å². The summed E-state index contributed by atoms with van der Waals surface area (Å²) >= 11 is 1.22. The number of thiophene rings is 1. The van der Waals surface area contributed by atoms with Crippen LogP contribution in [-0.2, 0) is 16.6 Å². The first kappa shape index (κ1) is 19.8. The minimum Gasteiger partial charge on any atom is -0.361 e. The molecule has 0 bridgehead atoms. The van der Waals surface area contributed by atoms with E-state index in [9.17, 15) is 8.42 Å². The zero-order chi connectivity index (χ0) is 19.8. The second kappa shape index (κ2) is 7.57. The van der Waals surface area contributed by atoms with Crippen molar-refractivity contribution in [3.8, 4) is 10.4 Å². The Morgan fingerprint density at radius 3 is 2.48 bits per heavy atom. The van der Waals surface area contributed by atoms with Crippen molar-refractivity contribution >= 4 is 21.4 Å². The monoisotopic (exact) mass is 408 g/mol. The molecular formula is C18H24N4O3S2. The number of rotatable bonds is 7. The third-order valence-electron chi connectivity index (χ3n) is 4.71. The zero-order valence-electron chi connectivity index (χ0n) is 16.2. The Labute approximate surface area is 163 Å². The van der Waals surface area contributed by atoms with E-state index >= 15 is 0 Å². The van der Waals surface area contributed by atoms with Gasteiger partial charge in [0, 0.05) is 23.7 Å². The smallest absolute Gasteiger partial charge is 0.250 e. The van der Waals surface area contributed by atoms with Crippen molar-refractivity contribution in [3.05, 3.63) is 40.5 Å². The first-order valence-corrected chi connectivity index (χ1v) is 11.0. The third kappa shape index (κ3) is 3.99. The van der Waals surface area contributed by atoms with Crippen molar-refractivity contribution in [2.45, 2.75) is 51.8 Å². The van der Waals surface area contributed by atoms with E-state index < -0.39 is 10.0 Å². The Bertz CT molecular complexity index is 1040. The van der Waals surface area contributed by atoms with Gasteiger partial charge in [-0.25, -0.2) is 13.1 Å². The van der Waals surface area contributed by atoms with E-state index in [1.165, 1.54) is 16.9 Å². The van der Waals surface area contributed by atoms with Gasteiger partial charge in [0.2, 0.25) is 10.0 Å². The molecule has 1 N–H and O–H groups in total. The summed E-state index contributed by atoms with van der Waals surface area (Å²) in [5.41, 5.74) is 4.94. The summed E-state index contributed by atoms with van der Waals surface area (Å²) in [5, 5.41) is 8.40. The number of aryl methyl sites for hydroxylation is 4. The predicted octanol–water partition coefficient (Wildman–Crippen LogP) is 3.51. The molecule has 0 unspecified atom stereocenters. The molecule has 0 fully saturated rings. The lowest BCUT2D eigenvalue weighted by Crippen LogP contribution is -2.25. The van der Waals surface area contributed by atoms with Crippen LogP contribution in [0.25, 0.3) is 10.4 Å². The highest BCUT2D eigenvalue weighted by Gasteiger charge is 2.20. The van der Waals surface area contributed by atoms with Gasteiger partial charge in [0.25, 0.3) is 0 Å². The molecular weight excluding hydrogens is 384 g/mol. The lowest BCUT2D eigenvalue weighted by molar-refractivity contribution is 0.393. The van der Waals surface area contributed by atoms with Crippen LogP contribution in [0.5, 0.6) is 0 Å². The average Bonchev–Trinajstić information content (AvgIpc) is 3.28. The summed E-state index contributed by atoms with van der Waals surface area (Å²) in [5.74, 6) is 0.687. The van der Waals surface area contributed by atoms with E-state index in [1.54, 1.807) is 12.1 Å². The minimum atomic E-state index is -3.54. The minimum absolute atomic E-state index is 0.291. The van der Waals surface area contributed by atoms with Crippen molar-refractivity contribution < 1.29 is 12.9 Å². The Kier molecular flexibility index (Phi) is 5.55. The molecule has 0 atom stereocenters. The molecule has 9 heteroatoms. The summed E-state index contributed by atoms with van der Waals surface area (Å²) in [4.78, 5) is 0.838. The molecule has 0 saturated carbocycles. The van der Waals surface area contributed by atoms with Gasteiger partial charge in [0.05, 0.1) is 17.0 Å².